The number of nitro benzene ring substituents is 2. The maximum Gasteiger partial charge on any atom is 0.272 e. The van der Waals surface area contributed by atoms with Crippen LogP contribution in [0.2, 0.25) is 0 Å². The highest BCUT2D eigenvalue weighted by Gasteiger charge is 2.62. The number of halogens is 2. The summed E-state index contributed by atoms with van der Waals surface area (Å²) in [6.45, 7) is 0. The van der Waals surface area contributed by atoms with Gasteiger partial charge in [-0.25, -0.2) is 8.78 Å². The number of ketones is 1. The van der Waals surface area contributed by atoms with Gasteiger partial charge in [-0.05, 0) is 62.8 Å². The fourth-order valence-electron chi connectivity index (χ4n) is 4.31. The fraction of sp³-hybridized carbons (Fsp3) is 0.381. The topological polar surface area (TPSA) is 103 Å². The minimum Gasteiger partial charge on any atom is -0.298 e. The maximum atomic E-state index is 13.7. The number of carbonyl (C=O) groups is 1. The van der Waals surface area contributed by atoms with Crippen LogP contribution in [0.15, 0.2) is 36.4 Å². The van der Waals surface area contributed by atoms with Crippen molar-refractivity contribution in [2.45, 2.75) is 38.5 Å². The highest BCUT2D eigenvalue weighted by Crippen LogP contribution is 2.61. The van der Waals surface area contributed by atoms with Gasteiger partial charge in [0, 0.05) is 34.1 Å². The molecule has 0 aromatic heterocycles. The molecular formula is C21H18F2N2O5. The zero-order chi connectivity index (χ0) is 21.7. The molecule has 0 atom stereocenters. The Morgan fingerprint density at radius 1 is 0.800 bits per heavy atom. The summed E-state index contributed by atoms with van der Waals surface area (Å²) in [5.41, 5.74) is -1.81. The Labute approximate surface area is 170 Å². The summed E-state index contributed by atoms with van der Waals surface area (Å²) >= 11 is 0. The number of rotatable bonds is 8. The van der Waals surface area contributed by atoms with Crippen molar-refractivity contribution in [1.29, 1.82) is 0 Å². The molecule has 2 aromatic rings. The van der Waals surface area contributed by atoms with Crippen LogP contribution in [0.3, 0.4) is 0 Å². The molecule has 156 valence electrons. The molecule has 2 saturated carbocycles. The number of hydrogen-bond donors (Lipinski definition) is 0. The van der Waals surface area contributed by atoms with Crippen molar-refractivity contribution in [3.8, 4) is 0 Å². The highest BCUT2D eigenvalue weighted by molar-refractivity contribution is 5.95. The van der Waals surface area contributed by atoms with Crippen LogP contribution < -0.4 is 0 Å². The molecule has 0 radical (unpaired) electrons. The van der Waals surface area contributed by atoms with Crippen LogP contribution in [-0.4, -0.2) is 15.6 Å². The molecule has 0 N–H and O–H groups in total. The monoisotopic (exact) mass is 416 g/mol. The minimum atomic E-state index is -0.836. The third-order valence-electron chi connectivity index (χ3n) is 6.20. The Bertz CT molecular complexity index is 994. The van der Waals surface area contributed by atoms with Gasteiger partial charge in [-0.15, -0.1) is 0 Å². The second-order valence-corrected chi connectivity index (χ2v) is 8.30. The number of hydrogen-bond acceptors (Lipinski definition) is 5. The molecule has 4 rings (SSSR count). The summed E-state index contributed by atoms with van der Waals surface area (Å²) in [6, 6.07) is 6.37. The van der Waals surface area contributed by atoms with E-state index in [1.165, 1.54) is 0 Å². The van der Waals surface area contributed by atoms with E-state index in [9.17, 15) is 33.8 Å². The molecule has 0 heterocycles. The number of benzene rings is 2. The predicted molar refractivity (Wildman–Crippen MR) is 102 cm³/mol. The van der Waals surface area contributed by atoms with Crippen LogP contribution >= 0.6 is 0 Å². The quantitative estimate of drug-likeness (QED) is 0.458. The second-order valence-electron chi connectivity index (χ2n) is 8.30. The van der Waals surface area contributed by atoms with Crippen molar-refractivity contribution in [3.63, 3.8) is 0 Å². The first-order valence-corrected chi connectivity index (χ1v) is 9.56. The van der Waals surface area contributed by atoms with Crippen molar-refractivity contribution in [3.05, 3.63) is 79.4 Å². The molecular weight excluding hydrogens is 398 g/mol. The molecule has 7 nitrogen and oxygen atoms in total. The normalized spacial score (nSPS) is 17.9. The number of nitrogens with zero attached hydrogens (tertiary/aromatic N) is 2. The lowest BCUT2D eigenvalue weighted by molar-refractivity contribution is -0.385. The Morgan fingerprint density at radius 2 is 1.17 bits per heavy atom. The summed E-state index contributed by atoms with van der Waals surface area (Å²) in [4.78, 5) is 34.8. The Hall–Kier alpha value is -3.23. The first kappa shape index (κ1) is 20.1. The van der Waals surface area contributed by atoms with Crippen molar-refractivity contribution >= 4 is 17.2 Å². The third-order valence-corrected chi connectivity index (χ3v) is 6.20. The molecule has 0 spiro atoms. The van der Waals surface area contributed by atoms with Crippen LogP contribution in [0, 0.1) is 42.7 Å². The van der Waals surface area contributed by atoms with Gasteiger partial charge in [-0.1, -0.05) is 0 Å². The number of carbonyl (C=O) groups excluding carboxylic acids is 1. The zero-order valence-corrected chi connectivity index (χ0v) is 15.9. The van der Waals surface area contributed by atoms with Crippen LogP contribution in [0.5, 0.6) is 0 Å². The molecule has 0 bridgehead atoms. The lowest BCUT2D eigenvalue weighted by atomic mass is 9.79. The summed E-state index contributed by atoms with van der Waals surface area (Å²) in [5, 5.41) is 22.6. The lowest BCUT2D eigenvalue weighted by Gasteiger charge is -2.22. The van der Waals surface area contributed by atoms with Crippen molar-refractivity contribution in [1.82, 2.24) is 0 Å². The minimum absolute atomic E-state index is 0.0485. The largest absolute Gasteiger partial charge is 0.298 e. The molecule has 2 aromatic carbocycles. The van der Waals surface area contributed by atoms with E-state index in [4.69, 9.17) is 0 Å². The van der Waals surface area contributed by atoms with E-state index < -0.39 is 32.3 Å². The van der Waals surface area contributed by atoms with Gasteiger partial charge in [0.15, 0.2) is 0 Å². The summed E-state index contributed by atoms with van der Waals surface area (Å²) < 4.78 is 27.4. The highest BCUT2D eigenvalue weighted by atomic mass is 19.1. The van der Waals surface area contributed by atoms with Gasteiger partial charge in [0.25, 0.3) is 11.4 Å². The van der Waals surface area contributed by atoms with Gasteiger partial charge >= 0.3 is 0 Å². The molecule has 0 saturated heterocycles. The van der Waals surface area contributed by atoms with Gasteiger partial charge in [-0.2, -0.15) is 0 Å². The molecule has 0 amide bonds. The van der Waals surface area contributed by atoms with E-state index in [0.717, 1.165) is 36.4 Å². The number of nitro groups is 2. The first-order valence-electron chi connectivity index (χ1n) is 9.56. The van der Waals surface area contributed by atoms with Gasteiger partial charge < -0.3 is 0 Å². The maximum absolute atomic E-state index is 13.7. The Balaban J connectivity index is 1.61. The van der Waals surface area contributed by atoms with Gasteiger partial charge in [0.2, 0.25) is 0 Å². The zero-order valence-electron chi connectivity index (χ0n) is 15.9. The van der Waals surface area contributed by atoms with Crippen molar-refractivity contribution in [2.24, 2.45) is 10.8 Å². The molecule has 2 aliphatic rings. The van der Waals surface area contributed by atoms with E-state index in [2.05, 4.69) is 0 Å². The van der Waals surface area contributed by atoms with Gasteiger partial charge in [0.1, 0.15) is 17.4 Å². The van der Waals surface area contributed by atoms with Crippen LogP contribution in [-0.2, 0) is 17.6 Å². The fourth-order valence-corrected chi connectivity index (χ4v) is 4.31. The molecule has 0 unspecified atom stereocenters. The SMILES string of the molecule is O=C(C1(Cc2cc(F)ccc2[N+](=O)[O-])CC1)C1(Cc2cc(F)ccc2[N+](=O)[O-])CC1. The van der Waals surface area contributed by atoms with E-state index >= 15 is 0 Å². The smallest absolute Gasteiger partial charge is 0.272 e. The van der Waals surface area contributed by atoms with Crippen LogP contribution in [0.25, 0.3) is 0 Å². The van der Waals surface area contributed by atoms with Crippen LogP contribution in [0.4, 0.5) is 20.2 Å². The van der Waals surface area contributed by atoms with E-state index in [1.807, 2.05) is 0 Å². The first-order chi connectivity index (χ1) is 14.2. The second kappa shape index (κ2) is 6.93. The predicted octanol–water partition coefficient (Wildman–Crippen LogP) is 4.70. The third kappa shape index (κ3) is 3.55. The average Bonchev–Trinajstić information content (AvgIpc) is 3.58. The van der Waals surface area contributed by atoms with Gasteiger partial charge in [0.05, 0.1) is 9.85 Å². The molecule has 2 aliphatic carbocycles. The summed E-state index contributed by atoms with van der Waals surface area (Å²) in [7, 11) is 0. The molecule has 0 aliphatic heterocycles. The van der Waals surface area contributed by atoms with Gasteiger partial charge in [-0.3, -0.25) is 25.0 Å². The number of Topliss-reactive ketones (excluding diaryl/α,β-unsaturated/α-hetero) is 1. The molecule has 2 fully saturated rings. The van der Waals surface area contributed by atoms with Crippen LogP contribution in [0.1, 0.15) is 36.8 Å². The van der Waals surface area contributed by atoms with E-state index in [0.29, 0.717) is 25.7 Å². The Morgan fingerprint density at radius 3 is 1.47 bits per heavy atom. The Kier molecular flexibility index (Phi) is 4.63. The summed E-state index contributed by atoms with van der Waals surface area (Å²) in [6.07, 6.45) is 2.18. The standard InChI is InChI=1S/C21H18F2N2O5/c22-15-1-3-17(24(27)28)13(9-15)11-20(5-6-20)19(26)21(7-8-21)12-14-10-16(23)2-4-18(14)25(29)30/h1-4,9-10H,5-8,11-12H2. The molecule has 30 heavy (non-hydrogen) atoms. The van der Waals surface area contributed by atoms with E-state index in [1.54, 1.807) is 0 Å². The summed E-state index contributed by atoms with van der Waals surface area (Å²) in [5.74, 6) is -1.35. The lowest BCUT2D eigenvalue weighted by Crippen LogP contribution is -2.30. The molecule has 9 heteroatoms. The van der Waals surface area contributed by atoms with E-state index in [-0.39, 0.29) is 41.1 Å². The van der Waals surface area contributed by atoms with Crippen molar-refractivity contribution < 1.29 is 23.4 Å². The van der Waals surface area contributed by atoms with Crippen molar-refractivity contribution in [2.75, 3.05) is 0 Å². The average molecular weight is 416 g/mol.